The number of fused-ring (bicyclic) bond motifs is 1. The third-order valence-corrected chi connectivity index (χ3v) is 6.23. The van der Waals surface area contributed by atoms with Crippen LogP contribution in [0.4, 0.5) is 0 Å². The molecule has 6 nitrogen and oxygen atoms in total. The number of methoxy groups -OCH3 is 1. The summed E-state index contributed by atoms with van der Waals surface area (Å²) in [6.07, 6.45) is 0.749. The highest BCUT2D eigenvalue weighted by atomic mass is 16.5. The molecule has 0 saturated heterocycles. The lowest BCUT2D eigenvalue weighted by Gasteiger charge is -2.24. The number of carbonyl (C=O) groups is 2. The lowest BCUT2D eigenvalue weighted by molar-refractivity contribution is -0.149. The van der Waals surface area contributed by atoms with Crippen LogP contribution in [-0.4, -0.2) is 31.1 Å². The standard InChI is InChI=1S/C31H33NO5/c1-21(2)18-27(31(34)36-20-22-10-5-4-6-11-22)32-28(30(33)35-3)19-24-16-17-29(37-24)26-15-9-13-23-12-7-8-14-25(23)26/h4-17,21,27-28,32H,18-20H2,1-3H3. The van der Waals surface area contributed by atoms with Crippen molar-refractivity contribution in [3.63, 3.8) is 0 Å². The zero-order chi connectivity index (χ0) is 26.2. The summed E-state index contributed by atoms with van der Waals surface area (Å²) in [5.74, 6) is 0.680. The molecule has 37 heavy (non-hydrogen) atoms. The van der Waals surface area contributed by atoms with Crippen molar-refractivity contribution in [1.82, 2.24) is 5.32 Å². The second-order valence-electron chi connectivity index (χ2n) is 9.51. The molecule has 4 rings (SSSR count). The van der Waals surface area contributed by atoms with E-state index >= 15 is 0 Å². The molecule has 0 spiro atoms. The van der Waals surface area contributed by atoms with Crippen molar-refractivity contribution in [3.8, 4) is 11.3 Å². The minimum Gasteiger partial charge on any atom is -0.468 e. The van der Waals surface area contributed by atoms with Gasteiger partial charge in [0.1, 0.15) is 30.2 Å². The summed E-state index contributed by atoms with van der Waals surface area (Å²) < 4.78 is 16.8. The monoisotopic (exact) mass is 499 g/mol. The second kappa shape index (κ2) is 12.4. The number of ether oxygens (including phenoxy) is 2. The molecule has 0 aliphatic carbocycles. The van der Waals surface area contributed by atoms with Gasteiger partial charge in [0.2, 0.25) is 0 Å². The highest BCUT2D eigenvalue weighted by Gasteiger charge is 2.30. The number of hydrogen-bond donors (Lipinski definition) is 1. The van der Waals surface area contributed by atoms with Crippen molar-refractivity contribution in [2.24, 2.45) is 5.92 Å². The van der Waals surface area contributed by atoms with Crippen LogP contribution >= 0.6 is 0 Å². The Balaban J connectivity index is 1.50. The molecule has 2 unspecified atom stereocenters. The molecule has 0 aliphatic heterocycles. The van der Waals surface area contributed by atoms with Crippen molar-refractivity contribution in [2.45, 2.75) is 45.4 Å². The molecular formula is C31H33NO5. The fourth-order valence-electron chi connectivity index (χ4n) is 4.40. The van der Waals surface area contributed by atoms with Crippen LogP contribution in [-0.2, 0) is 32.1 Å². The molecule has 0 bridgehead atoms. The van der Waals surface area contributed by atoms with Gasteiger partial charge < -0.3 is 13.9 Å². The third kappa shape index (κ3) is 6.86. The second-order valence-corrected chi connectivity index (χ2v) is 9.51. The highest BCUT2D eigenvalue weighted by Crippen LogP contribution is 2.30. The van der Waals surface area contributed by atoms with Gasteiger partial charge in [0.15, 0.2) is 0 Å². The molecule has 0 fully saturated rings. The molecule has 192 valence electrons. The van der Waals surface area contributed by atoms with Gasteiger partial charge in [0.25, 0.3) is 0 Å². The van der Waals surface area contributed by atoms with E-state index in [0.29, 0.717) is 12.2 Å². The topological polar surface area (TPSA) is 77.8 Å². The smallest absolute Gasteiger partial charge is 0.323 e. The summed E-state index contributed by atoms with van der Waals surface area (Å²) in [5, 5.41) is 5.40. The zero-order valence-electron chi connectivity index (χ0n) is 21.5. The summed E-state index contributed by atoms with van der Waals surface area (Å²) in [7, 11) is 1.34. The molecule has 1 heterocycles. The van der Waals surface area contributed by atoms with Gasteiger partial charge in [-0.2, -0.15) is 0 Å². The van der Waals surface area contributed by atoms with Crippen LogP contribution in [0.3, 0.4) is 0 Å². The molecule has 4 aromatic rings. The van der Waals surface area contributed by atoms with Gasteiger partial charge >= 0.3 is 11.9 Å². The van der Waals surface area contributed by atoms with Crippen LogP contribution in [0.2, 0.25) is 0 Å². The molecule has 0 amide bonds. The van der Waals surface area contributed by atoms with Crippen LogP contribution in [0, 0.1) is 5.92 Å². The van der Waals surface area contributed by atoms with Gasteiger partial charge in [0.05, 0.1) is 7.11 Å². The van der Waals surface area contributed by atoms with E-state index in [4.69, 9.17) is 13.9 Å². The Morgan fingerprint density at radius 2 is 1.57 bits per heavy atom. The number of rotatable bonds is 11. The predicted molar refractivity (Wildman–Crippen MR) is 144 cm³/mol. The Kier molecular flexibility index (Phi) is 8.75. The minimum absolute atomic E-state index is 0.172. The number of hydrogen-bond acceptors (Lipinski definition) is 6. The van der Waals surface area contributed by atoms with E-state index in [-0.39, 0.29) is 18.9 Å². The number of carbonyl (C=O) groups excluding carboxylic acids is 2. The quantitative estimate of drug-likeness (QED) is 0.258. The lowest BCUT2D eigenvalue weighted by atomic mass is 10.0. The fourth-order valence-corrected chi connectivity index (χ4v) is 4.40. The predicted octanol–water partition coefficient (Wildman–Crippen LogP) is 5.93. The van der Waals surface area contributed by atoms with Gasteiger partial charge in [-0.05, 0) is 40.8 Å². The van der Waals surface area contributed by atoms with E-state index in [2.05, 4.69) is 23.5 Å². The molecule has 0 radical (unpaired) electrons. The average molecular weight is 500 g/mol. The van der Waals surface area contributed by atoms with Crippen molar-refractivity contribution >= 4 is 22.7 Å². The largest absolute Gasteiger partial charge is 0.468 e. The van der Waals surface area contributed by atoms with Crippen LogP contribution in [0.15, 0.2) is 89.3 Å². The zero-order valence-corrected chi connectivity index (χ0v) is 21.5. The molecule has 1 aromatic heterocycles. The van der Waals surface area contributed by atoms with Gasteiger partial charge in [0, 0.05) is 12.0 Å². The summed E-state index contributed by atoms with van der Waals surface area (Å²) in [6.45, 7) is 4.22. The number of nitrogens with one attached hydrogen (secondary N) is 1. The minimum atomic E-state index is -0.774. The average Bonchev–Trinajstić information content (AvgIpc) is 3.38. The van der Waals surface area contributed by atoms with Crippen molar-refractivity contribution in [2.75, 3.05) is 7.11 Å². The van der Waals surface area contributed by atoms with E-state index in [9.17, 15) is 9.59 Å². The van der Waals surface area contributed by atoms with E-state index in [1.807, 2.05) is 80.6 Å². The van der Waals surface area contributed by atoms with E-state index < -0.39 is 24.0 Å². The maximum atomic E-state index is 13.0. The molecule has 0 saturated carbocycles. The Morgan fingerprint density at radius 3 is 2.32 bits per heavy atom. The number of esters is 2. The summed E-state index contributed by atoms with van der Waals surface area (Å²) >= 11 is 0. The molecule has 2 atom stereocenters. The number of furan rings is 1. The van der Waals surface area contributed by atoms with Gasteiger partial charge in [-0.3, -0.25) is 14.9 Å². The molecule has 3 aromatic carbocycles. The van der Waals surface area contributed by atoms with Crippen molar-refractivity contribution < 1.29 is 23.5 Å². The van der Waals surface area contributed by atoms with Gasteiger partial charge in [-0.25, -0.2) is 0 Å². The summed E-state index contributed by atoms with van der Waals surface area (Å²) in [6, 6.07) is 26.0. The summed E-state index contributed by atoms with van der Waals surface area (Å²) in [4.78, 5) is 25.7. The van der Waals surface area contributed by atoms with Crippen LogP contribution in [0.25, 0.3) is 22.1 Å². The first-order chi connectivity index (χ1) is 17.9. The highest BCUT2D eigenvalue weighted by molar-refractivity contribution is 5.95. The Labute approximate surface area is 217 Å². The lowest BCUT2D eigenvalue weighted by Crippen LogP contribution is -2.49. The first-order valence-electron chi connectivity index (χ1n) is 12.6. The SMILES string of the molecule is COC(=O)C(Cc1ccc(-c2cccc3ccccc23)o1)NC(CC(C)C)C(=O)OCc1ccccc1. The van der Waals surface area contributed by atoms with E-state index in [0.717, 1.165) is 27.7 Å². The normalized spacial score (nSPS) is 12.9. The molecule has 1 N–H and O–H groups in total. The van der Waals surface area contributed by atoms with Crippen LogP contribution < -0.4 is 5.32 Å². The summed E-state index contributed by atoms with van der Waals surface area (Å²) in [5.41, 5.74) is 1.88. The third-order valence-electron chi connectivity index (χ3n) is 6.23. The van der Waals surface area contributed by atoms with E-state index in [1.165, 1.54) is 7.11 Å². The molecular weight excluding hydrogens is 466 g/mol. The Bertz CT molecular complexity index is 1320. The van der Waals surface area contributed by atoms with Crippen molar-refractivity contribution in [3.05, 3.63) is 96.3 Å². The first-order valence-corrected chi connectivity index (χ1v) is 12.6. The van der Waals surface area contributed by atoms with Crippen LogP contribution in [0.1, 0.15) is 31.6 Å². The van der Waals surface area contributed by atoms with Crippen molar-refractivity contribution in [1.29, 1.82) is 0 Å². The maximum absolute atomic E-state index is 13.0. The fraction of sp³-hybridized carbons (Fsp3) is 0.290. The Hall–Kier alpha value is -3.90. The van der Waals surface area contributed by atoms with E-state index in [1.54, 1.807) is 0 Å². The first kappa shape index (κ1) is 26.2. The Morgan fingerprint density at radius 1 is 0.838 bits per heavy atom. The van der Waals surface area contributed by atoms with Crippen LogP contribution in [0.5, 0.6) is 0 Å². The molecule has 6 heteroatoms. The maximum Gasteiger partial charge on any atom is 0.323 e. The molecule has 0 aliphatic rings. The van der Waals surface area contributed by atoms with Gasteiger partial charge in [-0.15, -0.1) is 0 Å². The number of benzene rings is 3. The van der Waals surface area contributed by atoms with Gasteiger partial charge in [-0.1, -0.05) is 86.6 Å².